The molecule has 142 valence electrons. The number of benzene rings is 2. The number of nitrogens with zero attached hydrogens (tertiary/aromatic N) is 3. The zero-order valence-corrected chi connectivity index (χ0v) is 15.4. The summed E-state index contributed by atoms with van der Waals surface area (Å²) in [5, 5.41) is 10.3. The van der Waals surface area contributed by atoms with Crippen LogP contribution in [0.25, 0.3) is 27.8 Å². The molecule has 28 heavy (non-hydrogen) atoms. The maximum absolute atomic E-state index is 13.6. The fourth-order valence-corrected chi connectivity index (χ4v) is 3.01. The van der Waals surface area contributed by atoms with Crippen molar-refractivity contribution in [1.82, 2.24) is 25.1 Å². The quantitative estimate of drug-likeness (QED) is 0.570. The van der Waals surface area contributed by atoms with Crippen molar-refractivity contribution in [3.05, 3.63) is 64.2 Å². The van der Waals surface area contributed by atoms with Crippen LogP contribution in [0.2, 0.25) is 0 Å². The number of aromatic amines is 1. The minimum atomic E-state index is -0.442. The van der Waals surface area contributed by atoms with Gasteiger partial charge < -0.3 is 5.32 Å². The molecular weight excluding hydrogens is 361 g/mol. The molecule has 0 radical (unpaired) electrons. The number of rotatable bonds is 4. The topological polar surface area (TPSA) is 92.2 Å². The fraction of sp³-hybridized carbons (Fsp3) is 0.200. The van der Waals surface area contributed by atoms with Crippen LogP contribution in [0.15, 0.2) is 47.3 Å². The van der Waals surface area contributed by atoms with Crippen LogP contribution < -0.4 is 10.9 Å². The first-order chi connectivity index (χ1) is 13.5. The van der Waals surface area contributed by atoms with Gasteiger partial charge in [-0.15, -0.1) is 0 Å². The average molecular weight is 379 g/mol. The van der Waals surface area contributed by atoms with Crippen molar-refractivity contribution in [2.24, 2.45) is 0 Å². The van der Waals surface area contributed by atoms with E-state index in [1.807, 2.05) is 13.8 Å². The van der Waals surface area contributed by atoms with Crippen LogP contribution in [0.4, 0.5) is 4.39 Å². The van der Waals surface area contributed by atoms with Crippen molar-refractivity contribution in [2.45, 2.75) is 26.3 Å². The summed E-state index contributed by atoms with van der Waals surface area (Å²) in [4.78, 5) is 29.1. The summed E-state index contributed by atoms with van der Waals surface area (Å²) in [5.41, 5.74) is 1.57. The number of carbonyl (C=O) groups excluding carboxylic acids is 1. The van der Waals surface area contributed by atoms with Crippen LogP contribution in [0, 0.1) is 5.82 Å². The zero-order valence-electron chi connectivity index (χ0n) is 15.4. The molecule has 1 amide bonds. The van der Waals surface area contributed by atoms with Gasteiger partial charge in [0.05, 0.1) is 10.9 Å². The Morgan fingerprint density at radius 3 is 2.86 bits per heavy atom. The Hall–Kier alpha value is -3.55. The van der Waals surface area contributed by atoms with E-state index in [2.05, 4.69) is 20.6 Å². The van der Waals surface area contributed by atoms with Crippen molar-refractivity contribution in [2.75, 3.05) is 0 Å². The first-order valence-corrected chi connectivity index (χ1v) is 8.95. The molecule has 0 aliphatic carbocycles. The first kappa shape index (κ1) is 17.8. The van der Waals surface area contributed by atoms with Crippen molar-refractivity contribution in [1.29, 1.82) is 0 Å². The molecule has 2 aromatic heterocycles. The molecule has 2 aromatic carbocycles. The molecule has 8 heteroatoms. The number of amides is 1. The van der Waals surface area contributed by atoms with Gasteiger partial charge in [0.2, 0.25) is 0 Å². The molecule has 4 aromatic rings. The summed E-state index contributed by atoms with van der Waals surface area (Å²) in [6.07, 6.45) is 0.810. The molecule has 0 bridgehead atoms. The second kappa shape index (κ2) is 6.88. The van der Waals surface area contributed by atoms with Crippen LogP contribution in [0.5, 0.6) is 0 Å². The number of fused-ring (bicyclic) bond motifs is 3. The fourth-order valence-electron chi connectivity index (χ4n) is 3.01. The molecule has 0 aliphatic heterocycles. The molecule has 2 heterocycles. The van der Waals surface area contributed by atoms with E-state index in [4.69, 9.17) is 0 Å². The van der Waals surface area contributed by atoms with Crippen molar-refractivity contribution in [3.63, 3.8) is 0 Å². The Kier molecular flexibility index (Phi) is 4.38. The standard InChI is InChI=1S/C20H18FN5O2/c1-3-11(2)22-19(27)13-7-8-15-16(10-13)26-18(23-20(15)28)17(24-25-26)12-5-4-6-14(21)9-12/h4-11,25H,3H2,1-2H3,(H,22,27). The molecule has 1 unspecified atom stereocenters. The van der Waals surface area contributed by atoms with E-state index < -0.39 is 11.4 Å². The maximum Gasteiger partial charge on any atom is 0.281 e. The van der Waals surface area contributed by atoms with Gasteiger partial charge in [-0.05, 0) is 43.7 Å². The highest BCUT2D eigenvalue weighted by Crippen LogP contribution is 2.23. The van der Waals surface area contributed by atoms with Crippen LogP contribution in [-0.4, -0.2) is 31.8 Å². The Morgan fingerprint density at radius 1 is 1.29 bits per heavy atom. The van der Waals surface area contributed by atoms with E-state index in [1.165, 1.54) is 16.6 Å². The van der Waals surface area contributed by atoms with Gasteiger partial charge in [0, 0.05) is 17.2 Å². The van der Waals surface area contributed by atoms with Crippen molar-refractivity contribution >= 4 is 22.5 Å². The summed E-state index contributed by atoms with van der Waals surface area (Å²) >= 11 is 0. The van der Waals surface area contributed by atoms with Crippen LogP contribution in [0.3, 0.4) is 0 Å². The second-order valence-electron chi connectivity index (χ2n) is 6.66. The summed E-state index contributed by atoms with van der Waals surface area (Å²) in [6.45, 7) is 3.91. The SMILES string of the molecule is CCC(C)NC(=O)c1ccc2c(=O)nc3c(-c4cccc(F)c4)n[nH]n3c2c1. The van der Waals surface area contributed by atoms with Gasteiger partial charge in [0.15, 0.2) is 5.65 Å². The van der Waals surface area contributed by atoms with Crippen LogP contribution in [0.1, 0.15) is 30.6 Å². The second-order valence-corrected chi connectivity index (χ2v) is 6.66. The summed E-state index contributed by atoms with van der Waals surface area (Å²) < 4.78 is 15.1. The van der Waals surface area contributed by atoms with E-state index in [-0.39, 0.29) is 17.6 Å². The maximum atomic E-state index is 13.6. The Morgan fingerprint density at radius 2 is 2.11 bits per heavy atom. The third-order valence-electron chi connectivity index (χ3n) is 4.71. The number of aromatic nitrogens is 4. The number of halogens is 1. The minimum absolute atomic E-state index is 0.0371. The highest BCUT2D eigenvalue weighted by atomic mass is 19.1. The zero-order chi connectivity index (χ0) is 19.8. The number of hydrogen-bond donors (Lipinski definition) is 2. The Balaban J connectivity index is 1.90. The van der Waals surface area contributed by atoms with E-state index in [9.17, 15) is 14.0 Å². The Bertz CT molecular complexity index is 1260. The summed E-state index contributed by atoms with van der Waals surface area (Å²) in [6, 6.07) is 10.7. The lowest BCUT2D eigenvalue weighted by atomic mass is 10.1. The van der Waals surface area contributed by atoms with Gasteiger partial charge >= 0.3 is 0 Å². The third kappa shape index (κ3) is 3.02. The predicted molar refractivity (Wildman–Crippen MR) is 104 cm³/mol. The number of hydrogen-bond acceptors (Lipinski definition) is 4. The molecule has 7 nitrogen and oxygen atoms in total. The number of carbonyl (C=O) groups is 1. The van der Waals surface area contributed by atoms with Gasteiger partial charge in [0.25, 0.3) is 11.5 Å². The van der Waals surface area contributed by atoms with Gasteiger partial charge in [0.1, 0.15) is 11.5 Å². The van der Waals surface area contributed by atoms with Crippen molar-refractivity contribution in [3.8, 4) is 11.3 Å². The van der Waals surface area contributed by atoms with Gasteiger partial charge in [-0.2, -0.15) is 10.1 Å². The Labute approximate surface area is 159 Å². The lowest BCUT2D eigenvalue weighted by Gasteiger charge is -2.11. The van der Waals surface area contributed by atoms with Gasteiger partial charge in [-0.1, -0.05) is 19.1 Å². The predicted octanol–water partition coefficient (Wildman–Crippen LogP) is 2.91. The normalized spacial score (nSPS) is 12.4. The number of nitrogens with one attached hydrogen (secondary N) is 2. The van der Waals surface area contributed by atoms with E-state index in [1.54, 1.807) is 30.3 Å². The molecular formula is C20H18FN5O2. The minimum Gasteiger partial charge on any atom is -0.350 e. The van der Waals surface area contributed by atoms with Gasteiger partial charge in [-0.25, -0.2) is 14.1 Å². The van der Waals surface area contributed by atoms with E-state index in [0.717, 1.165) is 6.42 Å². The smallest absolute Gasteiger partial charge is 0.281 e. The monoisotopic (exact) mass is 379 g/mol. The lowest BCUT2D eigenvalue weighted by Crippen LogP contribution is -2.31. The molecule has 1 atom stereocenters. The van der Waals surface area contributed by atoms with E-state index >= 15 is 0 Å². The lowest BCUT2D eigenvalue weighted by molar-refractivity contribution is 0.0939. The summed E-state index contributed by atoms with van der Waals surface area (Å²) in [5.74, 6) is -0.634. The molecule has 0 saturated carbocycles. The van der Waals surface area contributed by atoms with Crippen molar-refractivity contribution < 1.29 is 9.18 Å². The molecule has 0 saturated heterocycles. The molecule has 2 N–H and O–H groups in total. The molecule has 0 fully saturated rings. The third-order valence-corrected chi connectivity index (χ3v) is 4.71. The number of H-pyrrole nitrogens is 1. The highest BCUT2D eigenvalue weighted by Gasteiger charge is 2.16. The van der Waals surface area contributed by atoms with Gasteiger partial charge in [-0.3, -0.25) is 9.59 Å². The largest absolute Gasteiger partial charge is 0.350 e. The molecule has 0 aliphatic rings. The first-order valence-electron chi connectivity index (χ1n) is 8.95. The van der Waals surface area contributed by atoms with E-state index in [0.29, 0.717) is 27.7 Å². The highest BCUT2D eigenvalue weighted by molar-refractivity contribution is 5.98. The van der Waals surface area contributed by atoms with Crippen LogP contribution >= 0.6 is 0 Å². The summed E-state index contributed by atoms with van der Waals surface area (Å²) in [7, 11) is 0. The van der Waals surface area contributed by atoms with Crippen LogP contribution in [-0.2, 0) is 0 Å². The molecule has 4 rings (SSSR count). The molecule has 0 spiro atoms. The average Bonchev–Trinajstić information content (AvgIpc) is 3.11.